The topological polar surface area (TPSA) is 49.9 Å². The van der Waals surface area contributed by atoms with Crippen molar-refractivity contribution >= 4 is 11.8 Å². The van der Waals surface area contributed by atoms with Crippen molar-refractivity contribution in [2.75, 3.05) is 20.1 Å². The molecule has 2 amide bonds. The van der Waals surface area contributed by atoms with Gasteiger partial charge in [-0.3, -0.25) is 9.59 Å². The van der Waals surface area contributed by atoms with Gasteiger partial charge >= 0.3 is 0 Å². The van der Waals surface area contributed by atoms with Crippen molar-refractivity contribution in [1.29, 1.82) is 0 Å². The molecule has 0 aliphatic carbocycles. The van der Waals surface area contributed by atoms with E-state index in [4.69, 9.17) is 4.74 Å². The summed E-state index contributed by atoms with van der Waals surface area (Å²) < 4.78 is 6.09. The van der Waals surface area contributed by atoms with E-state index in [1.165, 1.54) is 0 Å². The smallest absolute Gasteiger partial charge is 0.238 e. The molecule has 2 aliphatic heterocycles. The van der Waals surface area contributed by atoms with Gasteiger partial charge in [-0.15, -0.1) is 0 Å². The van der Waals surface area contributed by atoms with Crippen LogP contribution >= 0.6 is 0 Å². The summed E-state index contributed by atoms with van der Waals surface area (Å²) >= 11 is 0. The lowest BCUT2D eigenvalue weighted by Gasteiger charge is -2.52. The molecule has 0 spiro atoms. The summed E-state index contributed by atoms with van der Waals surface area (Å²) in [7, 11) is 1.73. The van der Waals surface area contributed by atoms with Crippen LogP contribution in [0.2, 0.25) is 0 Å². The zero-order valence-electron chi connectivity index (χ0n) is 14.2. The SMILES string of the molecule is CCN(CC)C(=O)C1C(=O)N(C)C2(C)CC1c1ccccc1O2. The van der Waals surface area contributed by atoms with Gasteiger partial charge in [0.05, 0.1) is 0 Å². The number of fused-ring (bicyclic) bond motifs is 4. The van der Waals surface area contributed by atoms with Gasteiger partial charge in [-0.2, -0.15) is 0 Å². The number of benzene rings is 1. The minimum absolute atomic E-state index is 0.0735. The number of likely N-dealkylation sites (tertiary alicyclic amines) is 1. The Morgan fingerprint density at radius 2 is 2.00 bits per heavy atom. The van der Waals surface area contributed by atoms with Crippen LogP contribution < -0.4 is 4.74 Å². The summed E-state index contributed by atoms with van der Waals surface area (Å²) in [6.45, 7) is 7.04. The van der Waals surface area contributed by atoms with Gasteiger partial charge in [0, 0.05) is 32.5 Å². The van der Waals surface area contributed by atoms with Crippen LogP contribution in [0.4, 0.5) is 0 Å². The highest BCUT2D eigenvalue weighted by molar-refractivity contribution is 6.02. The Balaban J connectivity index is 2.08. The molecule has 3 unspecified atom stereocenters. The predicted molar refractivity (Wildman–Crippen MR) is 87.0 cm³/mol. The van der Waals surface area contributed by atoms with Gasteiger partial charge in [-0.25, -0.2) is 0 Å². The van der Waals surface area contributed by atoms with Gasteiger partial charge in [0.2, 0.25) is 11.8 Å². The maximum atomic E-state index is 13.0. The van der Waals surface area contributed by atoms with Crippen molar-refractivity contribution < 1.29 is 14.3 Å². The van der Waals surface area contributed by atoms with Crippen LogP contribution in [0.1, 0.15) is 38.7 Å². The Hall–Kier alpha value is -2.04. The average Bonchev–Trinajstić information content (AvgIpc) is 2.54. The summed E-state index contributed by atoms with van der Waals surface area (Å²) in [5.74, 6) is -0.214. The molecule has 0 saturated carbocycles. The molecule has 5 heteroatoms. The lowest BCUT2D eigenvalue weighted by molar-refractivity contribution is -0.174. The molecule has 2 heterocycles. The quantitative estimate of drug-likeness (QED) is 0.804. The maximum absolute atomic E-state index is 13.0. The van der Waals surface area contributed by atoms with E-state index < -0.39 is 11.6 Å². The van der Waals surface area contributed by atoms with Crippen molar-refractivity contribution in [1.82, 2.24) is 9.80 Å². The molecule has 23 heavy (non-hydrogen) atoms. The number of carbonyl (C=O) groups is 2. The number of piperidine rings is 1. The molecule has 124 valence electrons. The Bertz CT molecular complexity index is 641. The fourth-order valence-corrected chi connectivity index (χ4v) is 3.80. The first-order valence-corrected chi connectivity index (χ1v) is 8.27. The van der Waals surface area contributed by atoms with Crippen molar-refractivity contribution in [2.24, 2.45) is 5.92 Å². The second kappa shape index (κ2) is 5.55. The summed E-state index contributed by atoms with van der Waals surface area (Å²) in [6, 6.07) is 7.75. The number of para-hydroxylation sites is 1. The van der Waals surface area contributed by atoms with Crippen LogP contribution in [0.15, 0.2) is 24.3 Å². The second-order valence-electron chi connectivity index (χ2n) is 6.51. The van der Waals surface area contributed by atoms with Crippen molar-refractivity contribution in [3.05, 3.63) is 29.8 Å². The molecule has 1 aromatic carbocycles. The number of carbonyl (C=O) groups excluding carboxylic acids is 2. The first-order chi connectivity index (χ1) is 10.9. The number of nitrogens with zero attached hydrogens (tertiary/aromatic N) is 2. The molecule has 0 N–H and O–H groups in total. The fraction of sp³-hybridized carbons (Fsp3) is 0.556. The average molecular weight is 316 g/mol. The largest absolute Gasteiger partial charge is 0.468 e. The third-order valence-electron chi connectivity index (χ3n) is 5.30. The molecule has 5 nitrogen and oxygen atoms in total. The number of rotatable bonds is 3. The van der Waals surface area contributed by atoms with Gasteiger partial charge in [0.1, 0.15) is 11.7 Å². The molecule has 1 aromatic rings. The monoisotopic (exact) mass is 316 g/mol. The maximum Gasteiger partial charge on any atom is 0.238 e. The van der Waals surface area contributed by atoms with Gasteiger partial charge in [-0.05, 0) is 32.4 Å². The minimum atomic E-state index is -0.684. The normalized spacial score (nSPS) is 28.9. The summed E-state index contributed by atoms with van der Waals surface area (Å²) in [4.78, 5) is 29.2. The highest BCUT2D eigenvalue weighted by Crippen LogP contribution is 2.49. The fourth-order valence-electron chi connectivity index (χ4n) is 3.80. The molecule has 0 radical (unpaired) electrons. The van der Waals surface area contributed by atoms with Crippen molar-refractivity contribution in [2.45, 2.75) is 38.8 Å². The highest BCUT2D eigenvalue weighted by atomic mass is 16.5. The van der Waals surface area contributed by atoms with E-state index in [1.54, 1.807) is 16.8 Å². The highest BCUT2D eigenvalue weighted by Gasteiger charge is 2.55. The molecule has 1 saturated heterocycles. The lowest BCUT2D eigenvalue weighted by atomic mass is 9.73. The minimum Gasteiger partial charge on any atom is -0.468 e. The van der Waals surface area contributed by atoms with Gasteiger partial charge < -0.3 is 14.5 Å². The van der Waals surface area contributed by atoms with E-state index in [0.29, 0.717) is 19.5 Å². The van der Waals surface area contributed by atoms with Crippen LogP contribution in [0.3, 0.4) is 0 Å². The summed E-state index contributed by atoms with van der Waals surface area (Å²) in [6.07, 6.45) is 0.643. The van der Waals surface area contributed by atoms with Crippen LogP contribution in [0.5, 0.6) is 5.75 Å². The Kier molecular flexibility index (Phi) is 3.82. The third-order valence-corrected chi connectivity index (χ3v) is 5.30. The number of ether oxygens (including phenoxy) is 1. The second-order valence-corrected chi connectivity index (χ2v) is 6.51. The van der Waals surface area contributed by atoms with Crippen LogP contribution in [0, 0.1) is 5.92 Å². The zero-order valence-corrected chi connectivity index (χ0v) is 14.2. The third kappa shape index (κ3) is 2.30. The van der Waals surface area contributed by atoms with Crippen LogP contribution in [-0.2, 0) is 9.59 Å². The first kappa shape index (κ1) is 15.8. The molecular formula is C18H24N2O3. The van der Waals surface area contributed by atoms with E-state index in [9.17, 15) is 9.59 Å². The van der Waals surface area contributed by atoms with Crippen molar-refractivity contribution in [3.63, 3.8) is 0 Å². The molecule has 0 aromatic heterocycles. The van der Waals surface area contributed by atoms with E-state index in [-0.39, 0.29) is 17.7 Å². The molecule has 3 atom stereocenters. The number of amides is 2. The molecule has 1 fully saturated rings. The van der Waals surface area contributed by atoms with E-state index in [1.807, 2.05) is 45.0 Å². The molecule has 2 aliphatic rings. The number of hydrogen-bond acceptors (Lipinski definition) is 3. The molecule has 3 rings (SSSR count). The van der Waals surface area contributed by atoms with Gasteiger partial charge in [0.25, 0.3) is 0 Å². The van der Waals surface area contributed by atoms with Crippen LogP contribution in [0.25, 0.3) is 0 Å². The Labute approximate surface area is 137 Å². The number of hydrogen-bond donors (Lipinski definition) is 0. The standard InChI is InChI=1S/C18H24N2O3/c1-5-20(6-2)17(22)15-13-11-18(3,19(4)16(15)21)23-14-10-8-7-9-12(13)14/h7-10,13,15H,5-6,11H2,1-4H3. The predicted octanol–water partition coefficient (Wildman–Crippen LogP) is 2.23. The first-order valence-electron chi connectivity index (χ1n) is 8.27. The lowest BCUT2D eigenvalue weighted by Crippen LogP contribution is -2.63. The molecular weight excluding hydrogens is 292 g/mol. The van der Waals surface area contributed by atoms with E-state index in [0.717, 1.165) is 11.3 Å². The summed E-state index contributed by atoms with van der Waals surface area (Å²) in [5.41, 5.74) is 0.285. The summed E-state index contributed by atoms with van der Waals surface area (Å²) in [5, 5.41) is 0. The van der Waals surface area contributed by atoms with E-state index in [2.05, 4.69) is 0 Å². The van der Waals surface area contributed by atoms with Crippen molar-refractivity contribution in [3.8, 4) is 5.75 Å². The zero-order chi connectivity index (χ0) is 16.8. The van der Waals surface area contributed by atoms with Gasteiger partial charge in [0.15, 0.2) is 5.72 Å². The Morgan fingerprint density at radius 3 is 2.65 bits per heavy atom. The van der Waals surface area contributed by atoms with Gasteiger partial charge in [-0.1, -0.05) is 18.2 Å². The Morgan fingerprint density at radius 1 is 1.35 bits per heavy atom. The van der Waals surface area contributed by atoms with Crippen LogP contribution in [-0.4, -0.2) is 47.5 Å². The molecule has 2 bridgehead atoms. The van der Waals surface area contributed by atoms with E-state index >= 15 is 0 Å².